The van der Waals surface area contributed by atoms with Gasteiger partial charge in [0, 0.05) is 29.2 Å². The lowest BCUT2D eigenvalue weighted by Gasteiger charge is -2.02. The van der Waals surface area contributed by atoms with E-state index in [-0.39, 0.29) is 0 Å². The first-order valence-corrected chi connectivity index (χ1v) is 6.53. The van der Waals surface area contributed by atoms with Crippen molar-refractivity contribution in [3.8, 4) is 11.5 Å². The molecule has 1 saturated carbocycles. The second kappa shape index (κ2) is 3.92. The minimum atomic E-state index is 0.334. The molecule has 0 bridgehead atoms. The molecule has 0 saturated heterocycles. The number of H-pyrrole nitrogens is 1. The first kappa shape index (κ1) is 10.3. The van der Waals surface area contributed by atoms with Crippen LogP contribution >= 0.6 is 0 Å². The molecule has 0 atom stereocenters. The van der Waals surface area contributed by atoms with E-state index < -0.39 is 0 Å². The van der Waals surface area contributed by atoms with E-state index in [9.17, 15) is 0 Å². The fourth-order valence-corrected chi connectivity index (χ4v) is 2.47. The van der Waals surface area contributed by atoms with Gasteiger partial charge in [0.1, 0.15) is 0 Å². The molecule has 2 aromatic rings. The zero-order valence-electron chi connectivity index (χ0n) is 10.2. The number of rotatable bonds is 4. The Morgan fingerprint density at radius 2 is 2.06 bits per heavy atom. The standard InChI is InChI=1S/C14H16N2O2/c1-2-10(1)15-4-3-9-7-16-12-6-14-13(5-11(9)12)17-8-18-14/h5-7,10,15-16H,1-4,8H2. The highest BCUT2D eigenvalue weighted by atomic mass is 16.7. The number of benzene rings is 1. The summed E-state index contributed by atoms with van der Waals surface area (Å²) in [5, 5.41) is 4.79. The molecule has 4 rings (SSSR count). The van der Waals surface area contributed by atoms with Gasteiger partial charge in [-0.15, -0.1) is 0 Å². The molecule has 4 heteroatoms. The van der Waals surface area contributed by atoms with Crippen LogP contribution in [0.1, 0.15) is 18.4 Å². The first-order chi connectivity index (χ1) is 8.90. The van der Waals surface area contributed by atoms with E-state index in [0.717, 1.165) is 36.0 Å². The molecular weight excluding hydrogens is 228 g/mol. The maximum absolute atomic E-state index is 5.43. The molecule has 2 N–H and O–H groups in total. The fraction of sp³-hybridized carbons (Fsp3) is 0.429. The van der Waals surface area contributed by atoms with Gasteiger partial charge in [0.25, 0.3) is 0 Å². The molecule has 0 spiro atoms. The van der Waals surface area contributed by atoms with Crippen LogP contribution in [-0.4, -0.2) is 24.4 Å². The Balaban J connectivity index is 1.60. The lowest BCUT2D eigenvalue weighted by atomic mass is 10.1. The lowest BCUT2D eigenvalue weighted by Crippen LogP contribution is -2.19. The highest BCUT2D eigenvalue weighted by Gasteiger charge is 2.20. The van der Waals surface area contributed by atoms with Gasteiger partial charge < -0.3 is 19.8 Å². The lowest BCUT2D eigenvalue weighted by molar-refractivity contribution is 0.174. The third kappa shape index (κ3) is 1.73. The van der Waals surface area contributed by atoms with Gasteiger partial charge in [-0.3, -0.25) is 0 Å². The average molecular weight is 244 g/mol. The maximum Gasteiger partial charge on any atom is 0.231 e. The van der Waals surface area contributed by atoms with Crippen LogP contribution in [0.15, 0.2) is 18.3 Å². The number of aromatic nitrogens is 1. The summed E-state index contributed by atoms with van der Waals surface area (Å²) >= 11 is 0. The van der Waals surface area contributed by atoms with E-state index in [1.165, 1.54) is 23.8 Å². The van der Waals surface area contributed by atoms with Crippen LogP contribution in [0.5, 0.6) is 11.5 Å². The van der Waals surface area contributed by atoms with E-state index in [0.29, 0.717) is 6.79 Å². The van der Waals surface area contributed by atoms with Crippen molar-refractivity contribution >= 4 is 10.9 Å². The largest absolute Gasteiger partial charge is 0.454 e. The van der Waals surface area contributed by atoms with Gasteiger partial charge in [0.2, 0.25) is 6.79 Å². The third-order valence-electron chi connectivity index (χ3n) is 3.67. The minimum Gasteiger partial charge on any atom is -0.454 e. The summed E-state index contributed by atoms with van der Waals surface area (Å²) < 4.78 is 10.8. The van der Waals surface area contributed by atoms with Crippen molar-refractivity contribution in [3.63, 3.8) is 0 Å². The molecule has 1 aliphatic heterocycles. The summed E-state index contributed by atoms with van der Waals surface area (Å²) in [6, 6.07) is 4.88. The van der Waals surface area contributed by atoms with E-state index in [2.05, 4.69) is 22.6 Å². The van der Waals surface area contributed by atoms with Gasteiger partial charge in [0.05, 0.1) is 0 Å². The molecule has 0 amide bonds. The number of nitrogens with one attached hydrogen (secondary N) is 2. The predicted molar refractivity (Wildman–Crippen MR) is 69.2 cm³/mol. The maximum atomic E-state index is 5.43. The average Bonchev–Trinajstić information content (AvgIpc) is 2.95. The Bertz CT molecular complexity index is 587. The summed E-state index contributed by atoms with van der Waals surface area (Å²) in [6.07, 6.45) is 5.82. The van der Waals surface area contributed by atoms with Gasteiger partial charge in [-0.05, 0) is 37.4 Å². The summed E-state index contributed by atoms with van der Waals surface area (Å²) in [5.41, 5.74) is 2.47. The topological polar surface area (TPSA) is 46.3 Å². The minimum absolute atomic E-state index is 0.334. The smallest absolute Gasteiger partial charge is 0.231 e. The molecule has 0 radical (unpaired) electrons. The number of hydrogen-bond donors (Lipinski definition) is 2. The fourth-order valence-electron chi connectivity index (χ4n) is 2.47. The Morgan fingerprint density at radius 1 is 1.22 bits per heavy atom. The van der Waals surface area contributed by atoms with Crippen LogP contribution in [0.2, 0.25) is 0 Å². The van der Waals surface area contributed by atoms with Crippen LogP contribution in [0, 0.1) is 0 Å². The number of hydrogen-bond acceptors (Lipinski definition) is 3. The van der Waals surface area contributed by atoms with Crippen LogP contribution < -0.4 is 14.8 Å². The quantitative estimate of drug-likeness (QED) is 0.866. The zero-order chi connectivity index (χ0) is 11.9. The van der Waals surface area contributed by atoms with Crippen molar-refractivity contribution in [3.05, 3.63) is 23.9 Å². The summed E-state index contributed by atoms with van der Waals surface area (Å²) in [6.45, 7) is 1.38. The van der Waals surface area contributed by atoms with Crippen LogP contribution in [0.3, 0.4) is 0 Å². The number of aromatic amines is 1. The Labute approximate surface area is 105 Å². The molecule has 18 heavy (non-hydrogen) atoms. The van der Waals surface area contributed by atoms with Crippen molar-refractivity contribution < 1.29 is 9.47 Å². The zero-order valence-corrected chi connectivity index (χ0v) is 10.2. The summed E-state index contributed by atoms with van der Waals surface area (Å²) in [7, 11) is 0. The predicted octanol–water partition coefficient (Wildman–Crippen LogP) is 2.19. The molecule has 94 valence electrons. The van der Waals surface area contributed by atoms with Gasteiger partial charge in [-0.25, -0.2) is 0 Å². The van der Waals surface area contributed by atoms with Crippen molar-refractivity contribution in [1.29, 1.82) is 0 Å². The van der Waals surface area contributed by atoms with Gasteiger partial charge in [-0.1, -0.05) is 0 Å². The third-order valence-corrected chi connectivity index (χ3v) is 3.67. The van der Waals surface area contributed by atoms with Crippen molar-refractivity contribution in [2.45, 2.75) is 25.3 Å². The number of fused-ring (bicyclic) bond motifs is 2. The molecular formula is C14H16N2O2. The Kier molecular flexibility index (Phi) is 2.23. The molecule has 0 unspecified atom stereocenters. The molecule has 1 fully saturated rings. The molecule has 1 aromatic carbocycles. The van der Waals surface area contributed by atoms with E-state index in [1.54, 1.807) is 0 Å². The molecule has 2 aliphatic rings. The Hall–Kier alpha value is -1.68. The molecule has 1 aromatic heterocycles. The second-order valence-corrected chi connectivity index (χ2v) is 5.04. The molecule has 2 heterocycles. The van der Waals surface area contributed by atoms with Gasteiger partial charge in [0.15, 0.2) is 11.5 Å². The van der Waals surface area contributed by atoms with E-state index in [1.807, 2.05) is 6.07 Å². The van der Waals surface area contributed by atoms with Crippen LogP contribution in [0.25, 0.3) is 10.9 Å². The Morgan fingerprint density at radius 3 is 2.89 bits per heavy atom. The van der Waals surface area contributed by atoms with Gasteiger partial charge >= 0.3 is 0 Å². The monoisotopic (exact) mass is 244 g/mol. The normalized spacial score (nSPS) is 17.6. The van der Waals surface area contributed by atoms with Crippen molar-refractivity contribution in [2.24, 2.45) is 0 Å². The second-order valence-electron chi connectivity index (χ2n) is 5.04. The first-order valence-electron chi connectivity index (χ1n) is 6.53. The number of ether oxygens (including phenoxy) is 2. The van der Waals surface area contributed by atoms with E-state index >= 15 is 0 Å². The molecule has 4 nitrogen and oxygen atoms in total. The summed E-state index contributed by atoms with van der Waals surface area (Å²) in [4.78, 5) is 3.31. The highest BCUT2D eigenvalue weighted by Crippen LogP contribution is 2.36. The van der Waals surface area contributed by atoms with Crippen molar-refractivity contribution in [2.75, 3.05) is 13.3 Å². The van der Waals surface area contributed by atoms with Crippen LogP contribution in [0.4, 0.5) is 0 Å². The highest BCUT2D eigenvalue weighted by molar-refractivity contribution is 5.86. The summed E-state index contributed by atoms with van der Waals surface area (Å²) in [5.74, 6) is 1.70. The van der Waals surface area contributed by atoms with Crippen LogP contribution in [-0.2, 0) is 6.42 Å². The van der Waals surface area contributed by atoms with E-state index in [4.69, 9.17) is 9.47 Å². The van der Waals surface area contributed by atoms with Gasteiger partial charge in [-0.2, -0.15) is 0 Å². The molecule has 1 aliphatic carbocycles. The SMILES string of the molecule is c1[nH]c2cc3c(cc2c1CCNC1CC1)OCO3. The van der Waals surface area contributed by atoms with Crippen molar-refractivity contribution in [1.82, 2.24) is 10.3 Å².